The van der Waals surface area contributed by atoms with E-state index in [9.17, 15) is 28.2 Å². The first kappa shape index (κ1) is 16.5. The van der Waals surface area contributed by atoms with Crippen molar-refractivity contribution in [2.24, 2.45) is 0 Å². The summed E-state index contributed by atoms with van der Waals surface area (Å²) < 4.78 is 67.7. The average Bonchev–Trinajstić information content (AvgIpc) is 2.65. The fourth-order valence-corrected chi connectivity index (χ4v) is 2.24. The Balaban J connectivity index is 2.78. The minimum absolute atomic E-state index is 0.0185. The van der Waals surface area contributed by atoms with Gasteiger partial charge >= 0.3 is 12.1 Å². The van der Waals surface area contributed by atoms with Gasteiger partial charge in [0.1, 0.15) is 0 Å². The Morgan fingerprint density at radius 1 is 1.41 bits per heavy atom. The Labute approximate surface area is 156 Å². The van der Waals surface area contributed by atoms with E-state index < -0.39 is 48.0 Å². The number of nitrogens with two attached hydrogens (primary N) is 1. The summed E-state index contributed by atoms with van der Waals surface area (Å²) in [6.07, 6.45) is -4.29. The van der Waals surface area contributed by atoms with E-state index in [0.29, 0.717) is 0 Å². The number of benzene rings is 1. The number of halogens is 3. The molecule has 1 heterocycles. The van der Waals surface area contributed by atoms with Gasteiger partial charge < -0.3 is 20.7 Å². The maximum Gasteiger partial charge on any atom is 0.423 e. The maximum atomic E-state index is 13.3. The van der Waals surface area contributed by atoms with Crippen molar-refractivity contribution in [1.82, 2.24) is 9.97 Å². The van der Waals surface area contributed by atoms with Gasteiger partial charge in [0.05, 0.1) is 25.1 Å². The Bertz CT molecular complexity index is 954. The molecule has 0 bridgehead atoms. The van der Waals surface area contributed by atoms with Crippen LogP contribution in [0.15, 0.2) is 24.4 Å². The molecule has 0 saturated heterocycles. The average molecular weight is 388 g/mol. The number of nitrogens with zero attached hydrogens (tertiary/aromatic N) is 2. The zero-order valence-corrected chi connectivity index (χ0v) is 14.0. The summed E-state index contributed by atoms with van der Waals surface area (Å²) in [6, 6.07) is 2.32. The number of nitrogen functional groups attached to an aromatic ring is 1. The van der Waals surface area contributed by atoms with Crippen LogP contribution in [0.3, 0.4) is 0 Å². The van der Waals surface area contributed by atoms with E-state index in [1.165, 1.54) is 6.92 Å². The SMILES string of the molecule is [2H]C([2H])([2H])c1ccc(C(O)(CO)C(F)(F)F)cc1-c1cnc(N)c(C(=O)OCC)n1. The van der Waals surface area contributed by atoms with Crippen molar-refractivity contribution in [3.63, 3.8) is 0 Å². The molecule has 0 fully saturated rings. The molecule has 0 aliphatic rings. The first-order valence-electron chi connectivity index (χ1n) is 9.11. The molecule has 146 valence electrons. The molecule has 0 aliphatic carbocycles. The summed E-state index contributed by atoms with van der Waals surface area (Å²) in [4.78, 5) is 19.6. The summed E-state index contributed by atoms with van der Waals surface area (Å²) in [5.41, 5.74) is -0.399. The molecule has 0 spiro atoms. The third-order valence-electron chi connectivity index (χ3n) is 3.74. The lowest BCUT2D eigenvalue weighted by atomic mass is 9.90. The topological polar surface area (TPSA) is 119 Å². The maximum absolute atomic E-state index is 13.3. The molecule has 1 unspecified atom stereocenters. The number of rotatable bonds is 5. The third kappa shape index (κ3) is 3.86. The zero-order valence-electron chi connectivity index (χ0n) is 17.0. The molecule has 10 heteroatoms. The van der Waals surface area contributed by atoms with Crippen molar-refractivity contribution in [1.29, 1.82) is 0 Å². The molecule has 2 rings (SSSR count). The number of alkyl halides is 3. The molecule has 1 aromatic carbocycles. The van der Waals surface area contributed by atoms with E-state index in [4.69, 9.17) is 14.6 Å². The van der Waals surface area contributed by atoms with Crippen LogP contribution in [0.25, 0.3) is 11.3 Å². The number of hydrogen-bond donors (Lipinski definition) is 3. The number of anilines is 1. The van der Waals surface area contributed by atoms with E-state index >= 15 is 0 Å². The quantitative estimate of drug-likeness (QED) is 0.670. The van der Waals surface area contributed by atoms with Crippen molar-refractivity contribution in [2.45, 2.75) is 25.6 Å². The standard InChI is InChI=1S/C17H18F3N3O4/c1-3-27-15(25)13-14(21)22-7-12(23-13)11-6-10(5-4-9(11)2)16(26,8-24)17(18,19)20/h4-7,24,26H,3,8H2,1-2H3,(H2,21,22)/i2D3. The van der Waals surface area contributed by atoms with Gasteiger partial charge in [0.15, 0.2) is 11.5 Å². The molecule has 1 aromatic heterocycles. The molecule has 2 aromatic rings. The zero-order chi connectivity index (χ0) is 22.9. The fraction of sp³-hybridized carbons (Fsp3) is 0.353. The smallest absolute Gasteiger partial charge is 0.423 e. The minimum Gasteiger partial charge on any atom is -0.461 e. The third-order valence-corrected chi connectivity index (χ3v) is 3.74. The number of hydrogen-bond acceptors (Lipinski definition) is 7. The number of aliphatic hydroxyl groups is 2. The molecule has 1 atom stereocenters. The molecule has 27 heavy (non-hydrogen) atoms. The van der Waals surface area contributed by atoms with E-state index in [1.807, 2.05) is 0 Å². The van der Waals surface area contributed by atoms with Crippen molar-refractivity contribution in [2.75, 3.05) is 18.9 Å². The summed E-state index contributed by atoms with van der Waals surface area (Å²) in [5.74, 6) is -1.29. The second-order valence-electron chi connectivity index (χ2n) is 5.49. The highest BCUT2D eigenvalue weighted by Gasteiger charge is 2.54. The van der Waals surface area contributed by atoms with Crippen LogP contribution in [0.2, 0.25) is 0 Å². The monoisotopic (exact) mass is 388 g/mol. The van der Waals surface area contributed by atoms with Crippen molar-refractivity contribution in [3.05, 3.63) is 41.2 Å². The minimum atomic E-state index is -5.26. The number of esters is 1. The Morgan fingerprint density at radius 2 is 2.11 bits per heavy atom. The van der Waals surface area contributed by atoms with Crippen LogP contribution in [0, 0.1) is 6.85 Å². The van der Waals surface area contributed by atoms with Gasteiger partial charge in [-0.1, -0.05) is 12.1 Å². The number of ether oxygens (including phenoxy) is 1. The van der Waals surface area contributed by atoms with Crippen molar-refractivity contribution in [3.8, 4) is 11.3 Å². The lowest BCUT2D eigenvalue weighted by Gasteiger charge is -2.29. The van der Waals surface area contributed by atoms with Gasteiger partial charge in [-0.25, -0.2) is 14.8 Å². The van der Waals surface area contributed by atoms with E-state index in [1.54, 1.807) is 0 Å². The molecule has 4 N–H and O–H groups in total. The summed E-state index contributed by atoms with van der Waals surface area (Å²) in [5, 5.41) is 19.2. The predicted molar refractivity (Wildman–Crippen MR) is 89.6 cm³/mol. The summed E-state index contributed by atoms with van der Waals surface area (Å²) in [7, 11) is 0. The molecule has 0 radical (unpaired) electrons. The van der Waals surface area contributed by atoms with Gasteiger partial charge in [-0.3, -0.25) is 0 Å². The van der Waals surface area contributed by atoms with Crippen LogP contribution < -0.4 is 5.73 Å². The van der Waals surface area contributed by atoms with Crippen LogP contribution in [-0.4, -0.2) is 45.5 Å². The van der Waals surface area contributed by atoms with Crippen LogP contribution in [-0.2, 0) is 10.3 Å². The van der Waals surface area contributed by atoms with Gasteiger partial charge in [-0.05, 0) is 31.0 Å². The normalized spacial score (nSPS) is 16.0. The first-order chi connectivity index (χ1) is 13.8. The number of aromatic nitrogens is 2. The Morgan fingerprint density at radius 3 is 2.67 bits per heavy atom. The van der Waals surface area contributed by atoms with Crippen LogP contribution >= 0.6 is 0 Å². The molecule has 0 aliphatic heterocycles. The fourth-order valence-electron chi connectivity index (χ4n) is 2.24. The second kappa shape index (κ2) is 7.49. The van der Waals surface area contributed by atoms with Gasteiger partial charge in [0, 0.05) is 9.68 Å². The number of aliphatic hydroxyl groups excluding tert-OH is 1. The van der Waals surface area contributed by atoms with Crippen LogP contribution in [0.1, 0.15) is 32.7 Å². The van der Waals surface area contributed by atoms with Crippen LogP contribution in [0.5, 0.6) is 0 Å². The highest BCUT2D eigenvalue weighted by Crippen LogP contribution is 2.40. The van der Waals surface area contributed by atoms with E-state index in [2.05, 4.69) is 9.97 Å². The van der Waals surface area contributed by atoms with Gasteiger partial charge in [0.2, 0.25) is 5.60 Å². The molecular formula is C17H18F3N3O4. The van der Waals surface area contributed by atoms with Gasteiger partial charge in [0.25, 0.3) is 0 Å². The Hall–Kier alpha value is -2.72. The summed E-state index contributed by atoms with van der Waals surface area (Å²) in [6.45, 7) is -2.98. The van der Waals surface area contributed by atoms with E-state index in [0.717, 1.165) is 24.4 Å². The first-order valence-corrected chi connectivity index (χ1v) is 7.61. The van der Waals surface area contributed by atoms with Crippen LogP contribution in [0.4, 0.5) is 19.0 Å². The van der Waals surface area contributed by atoms with Crippen molar-refractivity contribution < 1.29 is 37.0 Å². The van der Waals surface area contributed by atoms with E-state index in [-0.39, 0.29) is 23.7 Å². The predicted octanol–water partition coefficient (Wildman–Crippen LogP) is 1.95. The number of carbonyl (C=O) groups is 1. The Kier molecular flexibility index (Phi) is 4.56. The highest BCUT2D eigenvalue weighted by atomic mass is 19.4. The lowest BCUT2D eigenvalue weighted by Crippen LogP contribution is -2.45. The number of carbonyl (C=O) groups excluding carboxylic acids is 1. The second-order valence-corrected chi connectivity index (χ2v) is 5.49. The molecule has 0 saturated carbocycles. The summed E-state index contributed by atoms with van der Waals surface area (Å²) >= 11 is 0. The molecular weight excluding hydrogens is 367 g/mol. The number of aryl methyl sites for hydroxylation is 1. The lowest BCUT2D eigenvalue weighted by molar-refractivity contribution is -0.277. The highest BCUT2D eigenvalue weighted by molar-refractivity contribution is 5.92. The largest absolute Gasteiger partial charge is 0.461 e. The molecule has 0 amide bonds. The van der Waals surface area contributed by atoms with Crippen molar-refractivity contribution >= 4 is 11.8 Å². The van der Waals surface area contributed by atoms with Gasteiger partial charge in [-0.15, -0.1) is 0 Å². The molecule has 7 nitrogen and oxygen atoms in total. The van der Waals surface area contributed by atoms with Gasteiger partial charge in [-0.2, -0.15) is 13.2 Å².